The third-order valence-electron chi connectivity index (χ3n) is 6.89. The molecule has 0 spiro atoms. The van der Waals surface area contributed by atoms with E-state index < -0.39 is 34.5 Å². The lowest BCUT2D eigenvalue weighted by atomic mass is 9.96. The van der Waals surface area contributed by atoms with Crippen LogP contribution in [-0.2, 0) is 19.6 Å². The predicted molar refractivity (Wildman–Crippen MR) is 151 cm³/mol. The number of carboxylic acids is 1. The van der Waals surface area contributed by atoms with Crippen LogP contribution in [-0.4, -0.2) is 89.4 Å². The molecular formula is C27H36N6O6S. The van der Waals surface area contributed by atoms with Crippen LogP contribution >= 0.6 is 0 Å². The minimum atomic E-state index is -4.07. The van der Waals surface area contributed by atoms with Crippen molar-refractivity contribution in [2.75, 3.05) is 44.8 Å². The molecule has 2 aliphatic heterocycles. The molecule has 216 valence electrons. The number of hydrogen-bond acceptors (Lipinski definition) is 9. The SMILES string of the molecule is COC[C@H]1C[C@@H](NC2=NCCCN2)CCN1c1ccc(C(=O)NC[C@H](NS(=O)(=O)c2ccccc2)C(=O)O)cc1. The summed E-state index contributed by atoms with van der Waals surface area (Å²) in [6.45, 7) is 2.68. The number of sulfonamides is 1. The highest BCUT2D eigenvalue weighted by Crippen LogP contribution is 2.26. The fraction of sp³-hybridized carbons (Fsp3) is 0.444. The van der Waals surface area contributed by atoms with Crippen LogP contribution in [0.3, 0.4) is 0 Å². The highest BCUT2D eigenvalue weighted by atomic mass is 32.2. The second-order valence-electron chi connectivity index (χ2n) is 9.76. The molecule has 40 heavy (non-hydrogen) atoms. The van der Waals surface area contributed by atoms with Gasteiger partial charge in [0.15, 0.2) is 5.96 Å². The van der Waals surface area contributed by atoms with Crippen LogP contribution in [0.5, 0.6) is 0 Å². The first-order chi connectivity index (χ1) is 19.3. The van der Waals surface area contributed by atoms with Crippen LogP contribution in [0.15, 0.2) is 64.5 Å². The van der Waals surface area contributed by atoms with Gasteiger partial charge < -0.3 is 30.7 Å². The number of aliphatic imine (C=N–C) groups is 1. The number of piperidine rings is 1. The summed E-state index contributed by atoms with van der Waals surface area (Å²) in [5, 5.41) is 18.9. The predicted octanol–water partition coefficient (Wildman–Crippen LogP) is 0.771. The third kappa shape index (κ3) is 7.71. The molecule has 12 nitrogen and oxygen atoms in total. The van der Waals surface area contributed by atoms with Crippen molar-refractivity contribution in [3.05, 3.63) is 60.2 Å². The summed E-state index contributed by atoms with van der Waals surface area (Å²) < 4.78 is 32.7. The van der Waals surface area contributed by atoms with Gasteiger partial charge in [0.1, 0.15) is 6.04 Å². The largest absolute Gasteiger partial charge is 0.480 e. The Bertz CT molecular complexity index is 1290. The summed E-state index contributed by atoms with van der Waals surface area (Å²) in [4.78, 5) is 31.2. The van der Waals surface area contributed by atoms with E-state index in [1.165, 1.54) is 24.3 Å². The lowest BCUT2D eigenvalue weighted by Crippen LogP contribution is -2.54. The number of rotatable bonds is 11. The molecule has 0 radical (unpaired) electrons. The smallest absolute Gasteiger partial charge is 0.323 e. The average Bonchev–Trinajstić information content (AvgIpc) is 2.96. The number of guanidine groups is 1. The summed E-state index contributed by atoms with van der Waals surface area (Å²) >= 11 is 0. The van der Waals surface area contributed by atoms with Gasteiger partial charge >= 0.3 is 5.97 Å². The Morgan fingerprint density at radius 3 is 2.58 bits per heavy atom. The number of methoxy groups -OCH3 is 1. The Morgan fingerprint density at radius 2 is 1.93 bits per heavy atom. The van der Waals surface area contributed by atoms with E-state index in [1.807, 2.05) is 12.1 Å². The molecule has 2 aromatic rings. The number of ether oxygens (including phenoxy) is 1. The maximum atomic E-state index is 12.8. The van der Waals surface area contributed by atoms with Gasteiger partial charge in [-0.1, -0.05) is 18.2 Å². The molecule has 4 rings (SSSR count). The number of nitrogens with zero attached hydrogens (tertiary/aromatic N) is 2. The third-order valence-corrected chi connectivity index (χ3v) is 8.38. The lowest BCUT2D eigenvalue weighted by molar-refractivity contribution is -0.138. The average molecular weight is 573 g/mol. The topological polar surface area (TPSA) is 161 Å². The number of benzene rings is 2. The molecule has 1 amide bonds. The molecule has 5 N–H and O–H groups in total. The van der Waals surface area contributed by atoms with Gasteiger partial charge in [0.25, 0.3) is 5.91 Å². The first kappa shape index (κ1) is 29.3. The normalized spacial score (nSPS) is 20.1. The summed E-state index contributed by atoms with van der Waals surface area (Å²) in [6.07, 6.45) is 2.82. The molecule has 0 aromatic heterocycles. The van der Waals surface area contributed by atoms with Crippen molar-refractivity contribution < 1.29 is 27.9 Å². The van der Waals surface area contributed by atoms with Crippen molar-refractivity contribution in [1.29, 1.82) is 0 Å². The van der Waals surface area contributed by atoms with Crippen LogP contribution < -0.4 is 25.6 Å². The fourth-order valence-corrected chi connectivity index (χ4v) is 6.04. The standard InChI is InChI=1S/C27H36N6O6S/c1-39-18-22-16-20(31-27-28-13-5-14-29-27)12-15-33(22)21-10-8-19(9-11-21)25(34)30-17-24(26(35)36)32-40(37,38)23-6-3-2-4-7-23/h2-4,6-11,20,22,24,32H,5,12-18H2,1H3,(H,30,34)(H,35,36)(H2,28,29,31)/t20-,22+,24-/m0/s1. The highest BCUT2D eigenvalue weighted by Gasteiger charge is 2.30. The molecule has 0 aliphatic carbocycles. The summed E-state index contributed by atoms with van der Waals surface area (Å²) in [6, 6.07) is 13.4. The zero-order chi connectivity index (χ0) is 28.5. The number of nitrogens with one attached hydrogen (secondary N) is 4. The van der Waals surface area contributed by atoms with Gasteiger partial charge in [-0.3, -0.25) is 14.6 Å². The van der Waals surface area contributed by atoms with E-state index in [-0.39, 0.29) is 17.0 Å². The molecular weight excluding hydrogens is 536 g/mol. The van der Waals surface area contributed by atoms with Gasteiger partial charge in [-0.2, -0.15) is 4.72 Å². The Kier molecular flexibility index (Phi) is 9.96. The first-order valence-corrected chi connectivity index (χ1v) is 14.7. The van der Waals surface area contributed by atoms with Crippen LogP contribution in [0, 0.1) is 0 Å². The number of carbonyl (C=O) groups excluding carboxylic acids is 1. The summed E-state index contributed by atoms with van der Waals surface area (Å²) in [5.41, 5.74) is 1.28. The molecule has 0 unspecified atom stereocenters. The van der Waals surface area contributed by atoms with E-state index in [4.69, 9.17) is 4.74 Å². The van der Waals surface area contributed by atoms with Gasteiger partial charge in [-0.15, -0.1) is 0 Å². The van der Waals surface area contributed by atoms with Gasteiger partial charge in [0.2, 0.25) is 10.0 Å². The summed E-state index contributed by atoms with van der Waals surface area (Å²) in [7, 11) is -2.39. The quantitative estimate of drug-likeness (QED) is 0.262. The van der Waals surface area contributed by atoms with Gasteiger partial charge in [-0.05, 0) is 55.7 Å². The number of carboxylic acid groups (broad SMARTS) is 1. The van der Waals surface area contributed by atoms with Crippen LogP contribution in [0.1, 0.15) is 29.6 Å². The maximum absolute atomic E-state index is 12.8. The minimum Gasteiger partial charge on any atom is -0.480 e. The Labute approximate surface area is 234 Å². The molecule has 1 saturated heterocycles. The Balaban J connectivity index is 1.35. The van der Waals surface area contributed by atoms with Crippen molar-refractivity contribution >= 4 is 33.5 Å². The Hall–Kier alpha value is -3.68. The maximum Gasteiger partial charge on any atom is 0.323 e. The van der Waals surface area contributed by atoms with Gasteiger partial charge in [-0.25, -0.2) is 8.42 Å². The van der Waals surface area contributed by atoms with E-state index in [0.29, 0.717) is 12.2 Å². The van der Waals surface area contributed by atoms with E-state index in [9.17, 15) is 23.1 Å². The number of carbonyl (C=O) groups is 2. The molecule has 2 aliphatic rings. The minimum absolute atomic E-state index is 0.0610. The van der Waals surface area contributed by atoms with Crippen LogP contribution in [0.4, 0.5) is 5.69 Å². The highest BCUT2D eigenvalue weighted by molar-refractivity contribution is 7.89. The fourth-order valence-electron chi connectivity index (χ4n) is 4.83. The molecule has 1 fully saturated rings. The second kappa shape index (κ2) is 13.6. The van der Waals surface area contributed by atoms with E-state index >= 15 is 0 Å². The van der Waals surface area contributed by atoms with Crippen molar-refractivity contribution in [3.8, 4) is 0 Å². The van der Waals surface area contributed by atoms with Gasteiger partial charge in [0.05, 0.1) is 17.5 Å². The number of amides is 1. The van der Waals surface area contributed by atoms with E-state index in [0.717, 1.165) is 50.5 Å². The zero-order valence-corrected chi connectivity index (χ0v) is 23.2. The molecule has 13 heteroatoms. The van der Waals surface area contributed by atoms with Crippen molar-refractivity contribution in [1.82, 2.24) is 20.7 Å². The molecule has 3 atom stereocenters. The van der Waals surface area contributed by atoms with E-state index in [1.54, 1.807) is 25.3 Å². The molecule has 2 aromatic carbocycles. The monoisotopic (exact) mass is 572 g/mol. The molecule has 0 saturated carbocycles. The number of aliphatic carboxylic acids is 1. The van der Waals surface area contributed by atoms with E-state index in [2.05, 4.69) is 30.6 Å². The van der Waals surface area contributed by atoms with Crippen LogP contribution in [0.25, 0.3) is 0 Å². The first-order valence-electron chi connectivity index (χ1n) is 13.3. The Morgan fingerprint density at radius 1 is 1.18 bits per heavy atom. The number of hydrogen-bond donors (Lipinski definition) is 5. The summed E-state index contributed by atoms with van der Waals surface area (Å²) in [5.74, 6) is -1.05. The molecule has 0 bridgehead atoms. The van der Waals surface area contributed by atoms with Crippen molar-refractivity contribution in [2.45, 2.75) is 42.3 Å². The van der Waals surface area contributed by atoms with Gasteiger partial charge in [0, 0.05) is 50.6 Å². The molecule has 2 heterocycles. The number of anilines is 1. The van der Waals surface area contributed by atoms with Crippen LogP contribution in [0.2, 0.25) is 0 Å². The lowest BCUT2D eigenvalue weighted by Gasteiger charge is -2.41. The zero-order valence-electron chi connectivity index (χ0n) is 22.4. The van der Waals surface area contributed by atoms with Crippen molar-refractivity contribution in [2.24, 2.45) is 4.99 Å². The second-order valence-corrected chi connectivity index (χ2v) is 11.5. The van der Waals surface area contributed by atoms with Crippen molar-refractivity contribution in [3.63, 3.8) is 0 Å².